The Bertz CT molecular complexity index is 684. The van der Waals surface area contributed by atoms with E-state index in [1.54, 1.807) is 24.3 Å². The lowest BCUT2D eigenvalue weighted by Crippen LogP contribution is -2.55. The molecule has 0 amide bonds. The van der Waals surface area contributed by atoms with Crippen molar-refractivity contribution >= 4 is 5.97 Å². The van der Waals surface area contributed by atoms with Gasteiger partial charge < -0.3 is 9.84 Å². The van der Waals surface area contributed by atoms with Crippen molar-refractivity contribution < 1.29 is 14.6 Å². The van der Waals surface area contributed by atoms with E-state index in [0.29, 0.717) is 23.1 Å². The molecule has 3 fully saturated rings. The first-order valence-electron chi connectivity index (χ1n) is 8.98. The number of ether oxygens (including phenoxy) is 1. The lowest BCUT2D eigenvalue weighted by atomic mass is 9.80. The van der Waals surface area contributed by atoms with E-state index in [4.69, 9.17) is 4.74 Å². The summed E-state index contributed by atoms with van der Waals surface area (Å²) in [6, 6.07) is 18.4. The Morgan fingerprint density at radius 3 is 1.88 bits per heavy atom. The number of piperidine rings is 2. The van der Waals surface area contributed by atoms with Crippen LogP contribution in [0.25, 0.3) is 0 Å². The Hall–Kier alpha value is -2.17. The van der Waals surface area contributed by atoms with E-state index in [0.717, 1.165) is 25.7 Å². The zero-order valence-corrected chi connectivity index (χ0v) is 14.1. The fraction of sp³-hybridized carbons (Fsp3) is 0.381. The van der Waals surface area contributed by atoms with Gasteiger partial charge in [0.1, 0.15) is 0 Å². The van der Waals surface area contributed by atoms with Crippen molar-refractivity contribution in [1.29, 1.82) is 0 Å². The molecule has 0 spiro atoms. The fourth-order valence-electron chi connectivity index (χ4n) is 4.05. The van der Waals surface area contributed by atoms with Gasteiger partial charge in [-0.25, -0.2) is 4.79 Å². The van der Waals surface area contributed by atoms with Gasteiger partial charge in [0.05, 0.1) is 0 Å². The monoisotopic (exact) mass is 337 g/mol. The van der Waals surface area contributed by atoms with Gasteiger partial charge in [0.15, 0.2) is 6.23 Å². The lowest BCUT2D eigenvalue weighted by molar-refractivity contribution is -0.177. The van der Waals surface area contributed by atoms with Crippen LogP contribution in [0, 0.1) is 5.92 Å². The van der Waals surface area contributed by atoms with Crippen LogP contribution in [0.4, 0.5) is 0 Å². The molecule has 0 aromatic heterocycles. The molecule has 2 aliphatic heterocycles. The molecule has 2 bridgehead atoms. The van der Waals surface area contributed by atoms with Gasteiger partial charge in [-0.05, 0) is 36.8 Å². The number of rotatable bonds is 4. The average molecular weight is 337 g/mol. The van der Waals surface area contributed by atoms with Crippen LogP contribution in [0.2, 0.25) is 0 Å². The molecule has 1 aliphatic carbocycles. The number of aliphatic hydroxyl groups is 1. The van der Waals surface area contributed by atoms with Crippen LogP contribution in [0.1, 0.15) is 36.8 Å². The molecular weight excluding hydrogens is 314 g/mol. The normalized spacial score (nSPS) is 25.6. The number of carbonyl (C=O) groups is 1. The molecule has 1 saturated carbocycles. The van der Waals surface area contributed by atoms with E-state index in [-0.39, 0.29) is 6.23 Å². The molecule has 2 N–H and O–H groups in total. The second-order valence-corrected chi connectivity index (χ2v) is 7.05. The minimum Gasteiger partial charge on any atom is -0.444 e. The Morgan fingerprint density at radius 2 is 1.44 bits per heavy atom. The first kappa shape index (κ1) is 16.3. The maximum Gasteiger partial charge on any atom is 0.349 e. The second-order valence-electron chi connectivity index (χ2n) is 7.05. The van der Waals surface area contributed by atoms with Crippen LogP contribution in [0.5, 0.6) is 0 Å². The Balaban J connectivity index is 1.65. The minimum atomic E-state index is -1.80. The van der Waals surface area contributed by atoms with Gasteiger partial charge in [-0.15, -0.1) is 0 Å². The Morgan fingerprint density at radius 1 is 0.920 bits per heavy atom. The molecule has 1 unspecified atom stereocenters. The first-order chi connectivity index (χ1) is 12.2. The molecule has 4 heteroatoms. The summed E-state index contributed by atoms with van der Waals surface area (Å²) in [7, 11) is 0. The van der Waals surface area contributed by atoms with Crippen LogP contribution in [-0.2, 0) is 15.1 Å². The number of hydrogen-bond acceptors (Lipinski definition) is 4. The van der Waals surface area contributed by atoms with Crippen molar-refractivity contribution in [2.24, 2.45) is 5.92 Å². The molecule has 3 aliphatic rings. The second kappa shape index (κ2) is 6.62. The summed E-state index contributed by atoms with van der Waals surface area (Å²) in [6.45, 7) is 0. The average Bonchev–Trinajstić information content (AvgIpc) is 2.69. The zero-order valence-electron chi connectivity index (χ0n) is 14.1. The molecule has 25 heavy (non-hydrogen) atoms. The van der Waals surface area contributed by atoms with Crippen molar-refractivity contribution in [3.63, 3.8) is 0 Å². The first-order valence-corrected chi connectivity index (χ1v) is 8.98. The van der Waals surface area contributed by atoms with E-state index in [2.05, 4.69) is 5.32 Å². The fourth-order valence-corrected chi connectivity index (χ4v) is 4.05. The summed E-state index contributed by atoms with van der Waals surface area (Å²) < 4.78 is 5.80. The summed E-state index contributed by atoms with van der Waals surface area (Å²) in [5, 5.41) is 14.8. The predicted molar refractivity (Wildman–Crippen MR) is 94.6 cm³/mol. The van der Waals surface area contributed by atoms with Gasteiger partial charge in [0.2, 0.25) is 5.60 Å². The van der Waals surface area contributed by atoms with Crippen LogP contribution in [0.15, 0.2) is 60.7 Å². The van der Waals surface area contributed by atoms with E-state index in [1.807, 2.05) is 36.4 Å². The zero-order chi connectivity index (χ0) is 17.3. The molecule has 4 nitrogen and oxygen atoms in total. The summed E-state index contributed by atoms with van der Waals surface area (Å²) in [4.78, 5) is 13.1. The van der Waals surface area contributed by atoms with Gasteiger partial charge in [-0.2, -0.15) is 0 Å². The quantitative estimate of drug-likeness (QED) is 0.842. The highest BCUT2D eigenvalue weighted by Crippen LogP contribution is 2.36. The van der Waals surface area contributed by atoms with Gasteiger partial charge >= 0.3 is 5.97 Å². The minimum absolute atomic E-state index is 0.307. The number of carbonyl (C=O) groups excluding carboxylic acids is 1. The highest BCUT2D eigenvalue weighted by atomic mass is 16.6. The van der Waals surface area contributed by atoms with Gasteiger partial charge in [-0.1, -0.05) is 60.7 Å². The number of hydrogen-bond donors (Lipinski definition) is 2. The van der Waals surface area contributed by atoms with E-state index >= 15 is 0 Å². The lowest BCUT2D eigenvalue weighted by Gasteiger charge is -2.43. The van der Waals surface area contributed by atoms with Crippen molar-refractivity contribution in [3.8, 4) is 0 Å². The highest BCUT2D eigenvalue weighted by Gasteiger charge is 2.45. The number of benzene rings is 2. The van der Waals surface area contributed by atoms with Crippen molar-refractivity contribution in [2.45, 2.75) is 43.6 Å². The Kier molecular flexibility index (Phi) is 4.32. The largest absolute Gasteiger partial charge is 0.444 e. The predicted octanol–water partition coefficient (Wildman–Crippen LogP) is 2.95. The highest BCUT2D eigenvalue weighted by molar-refractivity contribution is 5.85. The SMILES string of the molecule is O=C(OC1NC2CCC1CC2)C(O)(c1ccccc1)c1ccccc1. The molecule has 1 atom stereocenters. The molecule has 2 aromatic carbocycles. The van der Waals surface area contributed by atoms with Crippen molar-refractivity contribution in [1.82, 2.24) is 5.32 Å². The molecule has 2 heterocycles. The molecule has 2 saturated heterocycles. The van der Waals surface area contributed by atoms with E-state index in [9.17, 15) is 9.90 Å². The van der Waals surface area contributed by atoms with Gasteiger partial charge in [0, 0.05) is 12.0 Å². The number of nitrogens with one attached hydrogen (secondary N) is 1. The molecule has 130 valence electrons. The van der Waals surface area contributed by atoms with E-state index < -0.39 is 11.6 Å². The summed E-state index contributed by atoms with van der Waals surface area (Å²) >= 11 is 0. The summed E-state index contributed by atoms with van der Waals surface area (Å²) in [5.74, 6) is -0.278. The number of fused-ring (bicyclic) bond motifs is 3. The molecular formula is C21H23NO3. The van der Waals surface area contributed by atoms with Crippen molar-refractivity contribution in [2.75, 3.05) is 0 Å². The van der Waals surface area contributed by atoms with Crippen LogP contribution in [-0.4, -0.2) is 23.3 Å². The van der Waals surface area contributed by atoms with Crippen LogP contribution in [0.3, 0.4) is 0 Å². The number of esters is 1. The third-order valence-corrected chi connectivity index (χ3v) is 5.51. The van der Waals surface area contributed by atoms with Gasteiger partial charge in [-0.3, -0.25) is 5.32 Å². The summed E-state index contributed by atoms with van der Waals surface area (Å²) in [5.41, 5.74) is -0.764. The van der Waals surface area contributed by atoms with E-state index in [1.165, 1.54) is 0 Å². The smallest absolute Gasteiger partial charge is 0.349 e. The van der Waals surface area contributed by atoms with Crippen molar-refractivity contribution in [3.05, 3.63) is 71.8 Å². The Labute approximate surface area is 147 Å². The maximum absolute atomic E-state index is 13.1. The maximum atomic E-state index is 13.1. The standard InChI is InChI=1S/C21H23NO3/c23-20(25-19-15-11-13-18(22-19)14-12-15)21(24,16-7-3-1-4-8-16)17-9-5-2-6-10-17/h1-10,15,18-19,22,24H,11-14H2. The topological polar surface area (TPSA) is 58.6 Å². The molecule has 0 radical (unpaired) electrons. The molecule has 5 rings (SSSR count). The van der Waals surface area contributed by atoms with Gasteiger partial charge in [0.25, 0.3) is 0 Å². The molecule has 2 aromatic rings. The summed E-state index contributed by atoms with van der Waals surface area (Å²) in [6.07, 6.45) is 4.12. The van der Waals surface area contributed by atoms with Crippen LogP contribution < -0.4 is 5.32 Å². The van der Waals surface area contributed by atoms with Crippen LogP contribution >= 0.6 is 0 Å². The third kappa shape index (κ3) is 2.96. The third-order valence-electron chi connectivity index (χ3n) is 5.51.